The van der Waals surface area contributed by atoms with Gasteiger partial charge in [-0.15, -0.1) is 6.58 Å². The highest BCUT2D eigenvalue weighted by Gasteiger charge is 2.53. The van der Waals surface area contributed by atoms with Gasteiger partial charge in [0.25, 0.3) is 5.91 Å². The highest BCUT2D eigenvalue weighted by molar-refractivity contribution is 6.35. The number of aliphatic hydroxyl groups excluding tert-OH is 1. The van der Waals surface area contributed by atoms with E-state index < -0.39 is 11.6 Å². The Bertz CT molecular complexity index is 1300. The number of nitrogens with zero attached hydrogens (tertiary/aromatic N) is 1. The molecule has 3 aromatic rings. The van der Waals surface area contributed by atoms with Gasteiger partial charge in [-0.3, -0.25) is 4.79 Å². The lowest BCUT2D eigenvalue weighted by molar-refractivity contribution is -0.128. The normalized spacial score (nSPS) is 18.2. The first kappa shape index (κ1) is 28.7. The predicted molar refractivity (Wildman–Crippen MR) is 156 cm³/mol. The van der Waals surface area contributed by atoms with Crippen molar-refractivity contribution >= 4 is 35.0 Å². The van der Waals surface area contributed by atoms with Gasteiger partial charge in [-0.05, 0) is 54.8 Å². The van der Waals surface area contributed by atoms with E-state index in [0.29, 0.717) is 52.4 Å². The van der Waals surface area contributed by atoms with Crippen molar-refractivity contribution in [2.75, 3.05) is 19.8 Å². The van der Waals surface area contributed by atoms with Crippen LogP contribution in [0.1, 0.15) is 42.1 Å². The number of aliphatic hydroxyl groups is 1. The minimum atomic E-state index is -1.31. The zero-order valence-corrected chi connectivity index (χ0v) is 23.1. The Balaban J connectivity index is 1.60. The lowest BCUT2D eigenvalue weighted by Crippen LogP contribution is -2.48. The fraction of sp³-hybridized carbons (Fsp3) is 0.290. The molecule has 1 aliphatic heterocycles. The molecule has 0 saturated heterocycles. The van der Waals surface area contributed by atoms with Gasteiger partial charge in [0, 0.05) is 47.2 Å². The van der Waals surface area contributed by atoms with Crippen LogP contribution in [0.15, 0.2) is 90.4 Å². The van der Waals surface area contributed by atoms with E-state index >= 15 is 0 Å². The number of hydrogen-bond donors (Lipinski definition) is 2. The Labute approximate surface area is 239 Å². The standard InChI is InChI=1S/C31H32Cl2N2O4/c1-2-17-31(30(37)34-18-6-10-22-8-4-3-5-9-22)28(26-16-13-24(32)21-27(26)33)39-29(35-31)23-11-14-25(15-12-23)38-20-7-19-36/h2-5,8-9,11-16,21,28,36H,1,6-7,10,17-20H2,(H,34,37)/t28-,31-/m1/s1. The Morgan fingerprint density at radius 2 is 1.87 bits per heavy atom. The third-order valence-corrected chi connectivity index (χ3v) is 7.06. The first-order valence-corrected chi connectivity index (χ1v) is 13.7. The highest BCUT2D eigenvalue weighted by Crippen LogP contribution is 2.45. The zero-order valence-electron chi connectivity index (χ0n) is 21.6. The van der Waals surface area contributed by atoms with Crippen molar-refractivity contribution in [3.05, 3.63) is 112 Å². The number of benzene rings is 3. The molecule has 8 heteroatoms. The van der Waals surface area contributed by atoms with Crippen molar-refractivity contribution in [3.63, 3.8) is 0 Å². The molecule has 39 heavy (non-hydrogen) atoms. The van der Waals surface area contributed by atoms with E-state index in [1.165, 1.54) is 5.56 Å². The van der Waals surface area contributed by atoms with Crippen LogP contribution < -0.4 is 10.1 Å². The van der Waals surface area contributed by atoms with Gasteiger partial charge in [-0.25, -0.2) is 4.99 Å². The number of rotatable bonds is 13. The molecule has 204 valence electrons. The maximum absolute atomic E-state index is 13.9. The second kappa shape index (κ2) is 13.7. The molecule has 1 amide bonds. The summed E-state index contributed by atoms with van der Waals surface area (Å²) in [5, 5.41) is 12.9. The molecular weight excluding hydrogens is 535 g/mol. The number of halogens is 2. The molecule has 0 bridgehead atoms. The predicted octanol–water partition coefficient (Wildman–Crippen LogP) is 6.34. The van der Waals surface area contributed by atoms with Gasteiger partial charge < -0.3 is 19.9 Å². The fourth-order valence-corrected chi connectivity index (χ4v) is 5.03. The summed E-state index contributed by atoms with van der Waals surface area (Å²) in [5.41, 5.74) is 1.22. The topological polar surface area (TPSA) is 80.2 Å². The van der Waals surface area contributed by atoms with Gasteiger partial charge in [-0.1, -0.05) is 65.7 Å². The summed E-state index contributed by atoms with van der Waals surface area (Å²) >= 11 is 12.8. The number of aliphatic imine (C=N–C) groups is 1. The Morgan fingerprint density at radius 3 is 2.56 bits per heavy atom. The summed E-state index contributed by atoms with van der Waals surface area (Å²) in [6, 6.07) is 22.5. The molecule has 0 spiro atoms. The van der Waals surface area contributed by atoms with Crippen LogP contribution in [-0.2, 0) is 16.0 Å². The molecule has 0 aliphatic carbocycles. The number of amides is 1. The van der Waals surface area contributed by atoms with Crippen LogP contribution in [0, 0.1) is 0 Å². The van der Waals surface area contributed by atoms with E-state index in [9.17, 15) is 4.79 Å². The summed E-state index contributed by atoms with van der Waals surface area (Å²) in [5.74, 6) is 0.733. The van der Waals surface area contributed by atoms with Crippen LogP contribution in [0.4, 0.5) is 0 Å². The average Bonchev–Trinajstić information content (AvgIpc) is 3.32. The van der Waals surface area contributed by atoms with Crippen LogP contribution in [0.3, 0.4) is 0 Å². The molecule has 4 rings (SSSR count). The second-order valence-electron chi connectivity index (χ2n) is 9.29. The summed E-state index contributed by atoms with van der Waals surface area (Å²) in [6.07, 6.45) is 3.30. The van der Waals surface area contributed by atoms with Crippen molar-refractivity contribution < 1.29 is 19.4 Å². The number of carbonyl (C=O) groups excluding carboxylic acids is 1. The van der Waals surface area contributed by atoms with Crippen molar-refractivity contribution in [1.29, 1.82) is 0 Å². The van der Waals surface area contributed by atoms with E-state index in [-0.39, 0.29) is 18.9 Å². The van der Waals surface area contributed by atoms with Gasteiger partial charge in [0.15, 0.2) is 11.6 Å². The number of carbonyl (C=O) groups is 1. The first-order valence-electron chi connectivity index (χ1n) is 13.0. The van der Waals surface area contributed by atoms with Gasteiger partial charge in [0.2, 0.25) is 5.90 Å². The molecule has 0 aromatic heterocycles. The van der Waals surface area contributed by atoms with Crippen molar-refractivity contribution in [3.8, 4) is 5.75 Å². The SMILES string of the molecule is C=CC[C@@]1(C(=O)NCCCc2ccccc2)N=C(c2ccc(OCCCO)cc2)O[C@@H]1c1ccc(Cl)cc1Cl. The number of hydrogen-bond acceptors (Lipinski definition) is 5. The Hall–Kier alpha value is -3.32. The van der Waals surface area contributed by atoms with Gasteiger partial charge in [0.05, 0.1) is 6.61 Å². The molecule has 3 aromatic carbocycles. The zero-order chi connectivity index (χ0) is 27.7. The minimum absolute atomic E-state index is 0.0665. The molecule has 2 atom stereocenters. The van der Waals surface area contributed by atoms with Crippen LogP contribution in [0.25, 0.3) is 0 Å². The highest BCUT2D eigenvalue weighted by atomic mass is 35.5. The molecule has 1 heterocycles. The molecule has 2 N–H and O–H groups in total. The van der Waals surface area contributed by atoms with Crippen LogP contribution in [0.5, 0.6) is 5.75 Å². The third-order valence-electron chi connectivity index (χ3n) is 6.50. The quantitative estimate of drug-likeness (QED) is 0.187. The molecule has 0 fully saturated rings. The maximum Gasteiger partial charge on any atom is 0.252 e. The molecule has 0 saturated carbocycles. The number of nitrogens with one attached hydrogen (secondary N) is 1. The van der Waals surface area contributed by atoms with Crippen molar-refractivity contribution in [2.24, 2.45) is 4.99 Å². The van der Waals surface area contributed by atoms with Crippen LogP contribution in [-0.4, -0.2) is 42.2 Å². The van der Waals surface area contributed by atoms with Gasteiger partial charge in [-0.2, -0.15) is 0 Å². The summed E-state index contributed by atoms with van der Waals surface area (Å²) in [6.45, 7) is 4.87. The lowest BCUT2D eigenvalue weighted by Gasteiger charge is -2.30. The Morgan fingerprint density at radius 1 is 1.10 bits per heavy atom. The van der Waals surface area contributed by atoms with E-state index in [4.69, 9.17) is 42.8 Å². The van der Waals surface area contributed by atoms with E-state index in [2.05, 4.69) is 24.0 Å². The summed E-state index contributed by atoms with van der Waals surface area (Å²) in [7, 11) is 0. The summed E-state index contributed by atoms with van der Waals surface area (Å²) < 4.78 is 12.0. The monoisotopic (exact) mass is 566 g/mol. The lowest BCUT2D eigenvalue weighted by atomic mass is 9.84. The number of aryl methyl sites for hydroxylation is 1. The van der Waals surface area contributed by atoms with Crippen molar-refractivity contribution in [1.82, 2.24) is 5.32 Å². The average molecular weight is 568 g/mol. The first-order chi connectivity index (χ1) is 19.0. The molecule has 0 unspecified atom stereocenters. The molecular formula is C31H32Cl2N2O4. The smallest absolute Gasteiger partial charge is 0.252 e. The fourth-order valence-electron chi connectivity index (χ4n) is 4.52. The summed E-state index contributed by atoms with van der Waals surface area (Å²) in [4.78, 5) is 18.7. The second-order valence-corrected chi connectivity index (χ2v) is 10.1. The van der Waals surface area contributed by atoms with E-state index in [0.717, 1.165) is 12.8 Å². The molecule has 1 aliphatic rings. The molecule has 6 nitrogen and oxygen atoms in total. The minimum Gasteiger partial charge on any atom is -0.494 e. The Kier molecular flexibility index (Phi) is 10.0. The van der Waals surface area contributed by atoms with Gasteiger partial charge in [0.1, 0.15) is 5.75 Å². The van der Waals surface area contributed by atoms with Crippen LogP contribution >= 0.6 is 23.2 Å². The molecule has 0 radical (unpaired) electrons. The van der Waals surface area contributed by atoms with Crippen molar-refractivity contribution in [2.45, 2.75) is 37.3 Å². The third kappa shape index (κ3) is 7.01. The van der Waals surface area contributed by atoms with Gasteiger partial charge >= 0.3 is 0 Å². The van der Waals surface area contributed by atoms with E-state index in [1.54, 1.807) is 36.4 Å². The van der Waals surface area contributed by atoms with E-state index in [1.807, 2.05) is 30.3 Å². The maximum atomic E-state index is 13.9. The largest absolute Gasteiger partial charge is 0.494 e. The van der Waals surface area contributed by atoms with Crippen LogP contribution in [0.2, 0.25) is 10.0 Å². The number of ether oxygens (including phenoxy) is 2.